The van der Waals surface area contributed by atoms with Gasteiger partial charge in [-0.15, -0.1) is 10.2 Å². The molecule has 0 bridgehead atoms. The number of benzene rings is 2. The number of aromatic nitrogens is 2. The van der Waals surface area contributed by atoms with E-state index in [4.69, 9.17) is 16.3 Å². The minimum absolute atomic E-state index is 0.0466. The predicted octanol–water partition coefficient (Wildman–Crippen LogP) is 4.64. The first kappa shape index (κ1) is 27.4. The van der Waals surface area contributed by atoms with Crippen LogP contribution in [0.3, 0.4) is 0 Å². The molecule has 0 aliphatic carbocycles. The topological polar surface area (TPSA) is 78.9 Å². The SMILES string of the molecule is CC[C@H](C)CN(CC(=O)N1CCN(c2ccc(-c3cccc(OC)c3)nn2)CC1)C(=O)c1ccc(Cl)cc1. The van der Waals surface area contributed by atoms with E-state index >= 15 is 0 Å². The van der Waals surface area contributed by atoms with E-state index in [1.165, 1.54) is 0 Å². The summed E-state index contributed by atoms with van der Waals surface area (Å²) >= 11 is 5.99. The molecule has 3 aromatic rings. The fraction of sp³-hybridized carbons (Fsp3) is 0.379. The van der Waals surface area contributed by atoms with Crippen LogP contribution in [0.4, 0.5) is 5.82 Å². The van der Waals surface area contributed by atoms with E-state index in [1.807, 2.05) is 41.3 Å². The van der Waals surface area contributed by atoms with Gasteiger partial charge >= 0.3 is 0 Å². The number of rotatable bonds is 9. The van der Waals surface area contributed by atoms with Crippen molar-refractivity contribution in [2.45, 2.75) is 20.3 Å². The Morgan fingerprint density at radius 3 is 2.39 bits per heavy atom. The maximum Gasteiger partial charge on any atom is 0.254 e. The zero-order chi connectivity index (χ0) is 27.1. The quantitative estimate of drug-likeness (QED) is 0.397. The Labute approximate surface area is 229 Å². The number of hydrogen-bond donors (Lipinski definition) is 0. The van der Waals surface area contributed by atoms with Crippen LogP contribution in [0, 0.1) is 5.92 Å². The number of nitrogens with zero attached hydrogens (tertiary/aromatic N) is 5. The van der Waals surface area contributed by atoms with Crippen LogP contribution >= 0.6 is 11.6 Å². The Morgan fingerprint density at radius 1 is 1.03 bits per heavy atom. The van der Waals surface area contributed by atoms with E-state index in [1.54, 1.807) is 36.3 Å². The summed E-state index contributed by atoms with van der Waals surface area (Å²) in [5, 5.41) is 9.40. The van der Waals surface area contributed by atoms with Gasteiger partial charge in [-0.25, -0.2) is 0 Å². The molecule has 0 radical (unpaired) electrons. The summed E-state index contributed by atoms with van der Waals surface area (Å²) in [5.41, 5.74) is 2.24. The van der Waals surface area contributed by atoms with Gasteiger partial charge in [0.05, 0.1) is 12.8 Å². The Morgan fingerprint density at radius 2 is 1.76 bits per heavy atom. The van der Waals surface area contributed by atoms with Crippen molar-refractivity contribution in [2.24, 2.45) is 5.92 Å². The third kappa shape index (κ3) is 6.81. The van der Waals surface area contributed by atoms with Crippen molar-refractivity contribution in [3.05, 3.63) is 71.2 Å². The normalized spacial score (nSPS) is 14.2. The van der Waals surface area contributed by atoms with Crippen molar-refractivity contribution in [3.8, 4) is 17.0 Å². The van der Waals surface area contributed by atoms with Crippen molar-refractivity contribution in [2.75, 3.05) is 51.3 Å². The highest BCUT2D eigenvalue weighted by atomic mass is 35.5. The summed E-state index contributed by atoms with van der Waals surface area (Å²) in [6.45, 7) is 7.17. The minimum atomic E-state index is -0.152. The van der Waals surface area contributed by atoms with Crippen LogP contribution in [0.1, 0.15) is 30.6 Å². The molecule has 4 rings (SSSR count). The number of halogens is 1. The standard InChI is InChI=1S/C29H34ClN5O3/c1-4-21(2)19-35(29(37)22-8-10-24(30)11-9-22)20-28(36)34-16-14-33(15-17-34)27-13-12-26(31-32-27)23-6-5-7-25(18-23)38-3/h5-13,18,21H,4,14-17,19-20H2,1-3H3/t21-/m0/s1. The fourth-order valence-corrected chi connectivity index (χ4v) is 4.50. The predicted molar refractivity (Wildman–Crippen MR) is 150 cm³/mol. The van der Waals surface area contributed by atoms with E-state index in [0.717, 1.165) is 29.2 Å². The second-order valence-corrected chi connectivity index (χ2v) is 10.0. The highest BCUT2D eigenvalue weighted by Crippen LogP contribution is 2.23. The molecule has 0 N–H and O–H groups in total. The summed E-state index contributed by atoms with van der Waals surface area (Å²) in [5.74, 6) is 1.64. The zero-order valence-corrected chi connectivity index (χ0v) is 22.9. The number of amides is 2. The zero-order valence-electron chi connectivity index (χ0n) is 22.1. The Hall–Kier alpha value is -3.65. The number of carbonyl (C=O) groups is 2. The average molecular weight is 536 g/mol. The maximum atomic E-state index is 13.2. The van der Waals surface area contributed by atoms with Crippen LogP contribution in [0.2, 0.25) is 5.02 Å². The number of methoxy groups -OCH3 is 1. The largest absolute Gasteiger partial charge is 0.497 e. The van der Waals surface area contributed by atoms with E-state index in [0.29, 0.717) is 43.3 Å². The summed E-state index contributed by atoms with van der Waals surface area (Å²) in [4.78, 5) is 32.0. The second kappa shape index (κ2) is 12.7. The molecular formula is C29H34ClN5O3. The highest BCUT2D eigenvalue weighted by molar-refractivity contribution is 6.30. The molecule has 1 aliphatic rings. The second-order valence-electron chi connectivity index (χ2n) is 9.58. The molecule has 0 spiro atoms. The lowest BCUT2D eigenvalue weighted by Gasteiger charge is -2.36. The summed E-state index contributed by atoms with van der Waals surface area (Å²) in [7, 11) is 1.64. The molecule has 1 aliphatic heterocycles. The van der Waals surface area contributed by atoms with Crippen LogP contribution in [-0.4, -0.2) is 78.2 Å². The summed E-state index contributed by atoms with van der Waals surface area (Å²) in [6.07, 6.45) is 0.926. The Bertz CT molecular complexity index is 1230. The molecule has 1 atom stereocenters. The third-order valence-electron chi connectivity index (χ3n) is 6.91. The molecule has 1 aromatic heterocycles. The molecule has 0 saturated carbocycles. The molecule has 1 fully saturated rings. The Balaban J connectivity index is 1.36. The van der Waals surface area contributed by atoms with Crippen molar-refractivity contribution in [1.29, 1.82) is 0 Å². The molecule has 2 heterocycles. The summed E-state index contributed by atoms with van der Waals surface area (Å²) < 4.78 is 5.30. The lowest BCUT2D eigenvalue weighted by atomic mass is 10.1. The molecule has 200 valence electrons. The van der Waals surface area contributed by atoms with Gasteiger partial charge in [-0.1, -0.05) is 44.0 Å². The first-order valence-electron chi connectivity index (χ1n) is 12.9. The minimum Gasteiger partial charge on any atom is -0.497 e. The molecule has 8 nitrogen and oxygen atoms in total. The molecular weight excluding hydrogens is 502 g/mol. The van der Waals surface area contributed by atoms with Crippen LogP contribution in [-0.2, 0) is 4.79 Å². The molecule has 0 unspecified atom stereocenters. The van der Waals surface area contributed by atoms with Gasteiger partial charge in [0, 0.05) is 48.9 Å². The van der Waals surface area contributed by atoms with Crippen molar-refractivity contribution < 1.29 is 14.3 Å². The summed E-state index contributed by atoms with van der Waals surface area (Å²) in [6, 6.07) is 18.4. The van der Waals surface area contributed by atoms with Crippen LogP contribution in [0.15, 0.2) is 60.7 Å². The molecule has 2 aromatic carbocycles. The van der Waals surface area contributed by atoms with Gasteiger partial charge in [-0.2, -0.15) is 0 Å². The highest BCUT2D eigenvalue weighted by Gasteiger charge is 2.26. The number of ether oxygens (including phenoxy) is 1. The number of carbonyl (C=O) groups excluding carboxylic acids is 2. The maximum absolute atomic E-state index is 13.2. The lowest BCUT2D eigenvalue weighted by molar-refractivity contribution is -0.132. The van der Waals surface area contributed by atoms with Gasteiger partial charge in [0.15, 0.2) is 5.82 Å². The van der Waals surface area contributed by atoms with E-state index in [2.05, 4.69) is 28.9 Å². The van der Waals surface area contributed by atoms with Crippen LogP contribution < -0.4 is 9.64 Å². The first-order chi connectivity index (χ1) is 18.4. The number of anilines is 1. The van der Waals surface area contributed by atoms with Gasteiger partial charge in [0.25, 0.3) is 5.91 Å². The van der Waals surface area contributed by atoms with E-state index < -0.39 is 0 Å². The van der Waals surface area contributed by atoms with Crippen LogP contribution in [0.25, 0.3) is 11.3 Å². The number of hydrogen-bond acceptors (Lipinski definition) is 6. The van der Waals surface area contributed by atoms with Crippen molar-refractivity contribution in [1.82, 2.24) is 20.0 Å². The molecule has 2 amide bonds. The number of piperazine rings is 1. The van der Waals surface area contributed by atoms with Crippen molar-refractivity contribution in [3.63, 3.8) is 0 Å². The first-order valence-corrected chi connectivity index (χ1v) is 13.3. The van der Waals surface area contributed by atoms with Gasteiger partial charge in [0.2, 0.25) is 5.91 Å². The van der Waals surface area contributed by atoms with E-state index in [9.17, 15) is 9.59 Å². The van der Waals surface area contributed by atoms with Gasteiger partial charge in [-0.05, 0) is 54.4 Å². The monoisotopic (exact) mass is 535 g/mol. The molecule has 1 saturated heterocycles. The Kier molecular flexibility index (Phi) is 9.18. The van der Waals surface area contributed by atoms with Gasteiger partial charge < -0.3 is 19.4 Å². The fourth-order valence-electron chi connectivity index (χ4n) is 4.38. The van der Waals surface area contributed by atoms with Gasteiger partial charge in [-0.3, -0.25) is 9.59 Å². The molecule has 38 heavy (non-hydrogen) atoms. The lowest BCUT2D eigenvalue weighted by Crippen LogP contribution is -2.52. The third-order valence-corrected chi connectivity index (χ3v) is 7.16. The smallest absolute Gasteiger partial charge is 0.254 e. The van der Waals surface area contributed by atoms with Crippen molar-refractivity contribution >= 4 is 29.2 Å². The van der Waals surface area contributed by atoms with E-state index in [-0.39, 0.29) is 24.3 Å². The van der Waals surface area contributed by atoms with Gasteiger partial charge in [0.1, 0.15) is 12.3 Å². The molecule has 9 heteroatoms. The average Bonchev–Trinajstić information content (AvgIpc) is 2.97. The van der Waals surface area contributed by atoms with Crippen LogP contribution in [0.5, 0.6) is 5.75 Å².